The second kappa shape index (κ2) is 8.43. The number of carboxylic acid groups (broad SMARTS) is 1. The molecule has 1 aliphatic rings. The maximum Gasteiger partial charge on any atom is 0.341 e. The number of carboxylic acids is 1. The number of allylic oxidation sites excluding steroid dienone is 3. The van der Waals surface area contributed by atoms with Gasteiger partial charge in [0.05, 0.1) is 0 Å². The van der Waals surface area contributed by atoms with Gasteiger partial charge in [0.15, 0.2) is 18.1 Å². The summed E-state index contributed by atoms with van der Waals surface area (Å²) in [5.74, 6) is 1.08. The monoisotopic (exact) mass is 394 g/mol. The minimum Gasteiger partial charge on any atom is -0.508 e. The van der Waals surface area contributed by atoms with Crippen molar-refractivity contribution in [3.63, 3.8) is 0 Å². The molecule has 1 atom stereocenters. The molecule has 0 radical (unpaired) electrons. The van der Waals surface area contributed by atoms with Crippen LogP contribution in [0.3, 0.4) is 0 Å². The van der Waals surface area contributed by atoms with Crippen molar-refractivity contribution in [1.29, 1.82) is 0 Å². The quantitative estimate of drug-likeness (QED) is 0.685. The van der Waals surface area contributed by atoms with Gasteiger partial charge in [0.2, 0.25) is 0 Å². The van der Waals surface area contributed by atoms with Crippen molar-refractivity contribution in [2.24, 2.45) is 11.3 Å². The molecule has 0 saturated carbocycles. The van der Waals surface area contributed by atoms with Crippen LogP contribution in [0.25, 0.3) is 11.1 Å². The van der Waals surface area contributed by atoms with Crippen molar-refractivity contribution < 1.29 is 24.5 Å². The van der Waals surface area contributed by atoms with Crippen LogP contribution in [0.1, 0.15) is 27.2 Å². The van der Waals surface area contributed by atoms with Crippen molar-refractivity contribution >= 4 is 5.97 Å². The minimum atomic E-state index is -1.05. The van der Waals surface area contributed by atoms with Crippen molar-refractivity contribution in [3.8, 4) is 28.4 Å². The fraction of sp³-hybridized carbons (Fsp3) is 0.292. The molecule has 2 aromatic carbocycles. The lowest BCUT2D eigenvalue weighted by Crippen LogP contribution is -2.19. The average molecular weight is 394 g/mol. The van der Waals surface area contributed by atoms with Gasteiger partial charge in [-0.3, -0.25) is 0 Å². The van der Waals surface area contributed by atoms with Gasteiger partial charge in [-0.15, -0.1) is 0 Å². The van der Waals surface area contributed by atoms with Gasteiger partial charge in [-0.1, -0.05) is 45.0 Å². The summed E-state index contributed by atoms with van der Waals surface area (Å²) in [6, 6.07) is 12.2. The zero-order valence-electron chi connectivity index (χ0n) is 16.9. The van der Waals surface area contributed by atoms with E-state index in [0.717, 1.165) is 17.5 Å². The summed E-state index contributed by atoms with van der Waals surface area (Å²) in [7, 11) is 0. The largest absolute Gasteiger partial charge is 0.508 e. The zero-order chi connectivity index (χ0) is 21.0. The first kappa shape index (κ1) is 20.5. The predicted octanol–water partition coefficient (Wildman–Crippen LogP) is 5.41. The molecule has 2 N–H and O–H groups in total. The Morgan fingerprint density at radius 2 is 1.76 bits per heavy atom. The van der Waals surface area contributed by atoms with Crippen LogP contribution < -0.4 is 9.47 Å². The molecule has 0 fully saturated rings. The van der Waals surface area contributed by atoms with Crippen molar-refractivity contribution in [2.45, 2.75) is 27.2 Å². The van der Waals surface area contributed by atoms with Gasteiger partial charge in [-0.25, -0.2) is 4.79 Å². The van der Waals surface area contributed by atoms with Crippen LogP contribution in [0.15, 0.2) is 66.5 Å². The van der Waals surface area contributed by atoms with Gasteiger partial charge in [0, 0.05) is 0 Å². The van der Waals surface area contributed by atoms with Gasteiger partial charge in [0.1, 0.15) is 11.5 Å². The number of ether oxygens (including phenoxy) is 2. The molecule has 0 bridgehead atoms. The van der Waals surface area contributed by atoms with Crippen LogP contribution in [0.2, 0.25) is 0 Å². The van der Waals surface area contributed by atoms with E-state index in [-0.39, 0.29) is 11.2 Å². The Bertz CT molecular complexity index is 933. The van der Waals surface area contributed by atoms with Crippen LogP contribution in [0, 0.1) is 11.3 Å². The van der Waals surface area contributed by atoms with Crippen molar-refractivity contribution in [3.05, 3.63) is 66.5 Å². The maximum absolute atomic E-state index is 10.9. The Balaban J connectivity index is 1.87. The number of hydrogen-bond acceptors (Lipinski definition) is 4. The van der Waals surface area contributed by atoms with Crippen molar-refractivity contribution in [2.75, 3.05) is 6.61 Å². The van der Waals surface area contributed by atoms with Gasteiger partial charge in [0.25, 0.3) is 0 Å². The van der Waals surface area contributed by atoms with Gasteiger partial charge >= 0.3 is 5.97 Å². The topological polar surface area (TPSA) is 76.0 Å². The molecule has 1 aliphatic carbocycles. The smallest absolute Gasteiger partial charge is 0.341 e. The normalized spacial score (nSPS) is 16.2. The standard InChI is InChI=1S/C24H26O5/c1-24(2,3)18-7-11-20(12-8-18)29-22-14-17(16-4-9-19(25)10-5-16)6-13-21(22)28-15-23(26)27/h4-7,9-14,18,25H,8,15H2,1-3H3,(H,26,27). The van der Waals surface area contributed by atoms with E-state index in [4.69, 9.17) is 14.6 Å². The molecule has 1 unspecified atom stereocenters. The first-order valence-corrected chi connectivity index (χ1v) is 9.56. The molecule has 0 saturated heterocycles. The third-order valence-corrected chi connectivity index (χ3v) is 4.90. The van der Waals surface area contributed by atoms with E-state index in [1.54, 1.807) is 30.3 Å². The van der Waals surface area contributed by atoms with E-state index in [9.17, 15) is 9.90 Å². The van der Waals surface area contributed by atoms with Crippen LogP contribution >= 0.6 is 0 Å². The van der Waals surface area contributed by atoms with Crippen LogP contribution in [0.5, 0.6) is 17.2 Å². The number of benzene rings is 2. The number of phenols is 1. The third kappa shape index (κ3) is 5.41. The Labute approximate surface area is 170 Å². The highest BCUT2D eigenvalue weighted by atomic mass is 16.5. The van der Waals surface area contributed by atoms with E-state index < -0.39 is 12.6 Å². The van der Waals surface area contributed by atoms with Gasteiger partial charge < -0.3 is 19.7 Å². The molecule has 0 amide bonds. The van der Waals surface area contributed by atoms with E-state index in [1.807, 2.05) is 24.3 Å². The van der Waals surface area contributed by atoms with E-state index in [0.29, 0.717) is 23.2 Å². The van der Waals surface area contributed by atoms with E-state index >= 15 is 0 Å². The summed E-state index contributed by atoms with van der Waals surface area (Å²) in [6.07, 6.45) is 7.02. The molecule has 5 nitrogen and oxygen atoms in total. The molecule has 29 heavy (non-hydrogen) atoms. The highest BCUT2D eigenvalue weighted by Crippen LogP contribution is 2.37. The van der Waals surface area contributed by atoms with Crippen LogP contribution in [0.4, 0.5) is 0 Å². The Hall–Kier alpha value is -3.21. The fourth-order valence-electron chi connectivity index (χ4n) is 3.13. The fourth-order valence-corrected chi connectivity index (χ4v) is 3.13. The predicted molar refractivity (Wildman–Crippen MR) is 112 cm³/mol. The summed E-state index contributed by atoms with van der Waals surface area (Å²) < 4.78 is 11.5. The van der Waals surface area contributed by atoms with E-state index in [1.165, 1.54) is 0 Å². The third-order valence-electron chi connectivity index (χ3n) is 4.90. The SMILES string of the molecule is CC(C)(C)C1C=CC(Oc2cc(-c3ccc(O)cc3)ccc2OCC(=O)O)=CC1. The molecule has 0 aliphatic heterocycles. The summed E-state index contributed by atoms with van der Waals surface area (Å²) in [4.78, 5) is 10.9. The maximum atomic E-state index is 10.9. The highest BCUT2D eigenvalue weighted by molar-refractivity contribution is 5.70. The highest BCUT2D eigenvalue weighted by Gasteiger charge is 2.23. The Morgan fingerprint density at radius 3 is 2.34 bits per heavy atom. The van der Waals surface area contributed by atoms with E-state index in [2.05, 4.69) is 26.8 Å². The lowest BCUT2D eigenvalue weighted by molar-refractivity contribution is -0.139. The molecular weight excluding hydrogens is 368 g/mol. The summed E-state index contributed by atoms with van der Waals surface area (Å²) in [5, 5.41) is 18.4. The first-order valence-electron chi connectivity index (χ1n) is 9.56. The lowest BCUT2D eigenvalue weighted by Gasteiger charge is -2.29. The average Bonchev–Trinajstić information content (AvgIpc) is 2.67. The molecule has 5 heteroatoms. The number of aliphatic carboxylic acids is 1. The summed E-state index contributed by atoms with van der Waals surface area (Å²) in [5.41, 5.74) is 1.95. The number of carbonyl (C=O) groups is 1. The van der Waals surface area contributed by atoms with Gasteiger partial charge in [-0.2, -0.15) is 0 Å². The summed E-state index contributed by atoms with van der Waals surface area (Å²) in [6.45, 7) is 6.18. The molecule has 152 valence electrons. The molecule has 0 heterocycles. The summed E-state index contributed by atoms with van der Waals surface area (Å²) >= 11 is 0. The lowest BCUT2D eigenvalue weighted by atomic mass is 9.77. The molecule has 0 aromatic heterocycles. The molecule has 0 spiro atoms. The molecule has 3 rings (SSSR count). The Morgan fingerprint density at radius 1 is 1.07 bits per heavy atom. The number of aromatic hydroxyl groups is 1. The van der Waals surface area contributed by atoms with Crippen LogP contribution in [-0.4, -0.2) is 22.8 Å². The van der Waals surface area contributed by atoms with Crippen molar-refractivity contribution in [1.82, 2.24) is 0 Å². The number of phenolic OH excluding ortho intramolecular Hbond substituents is 1. The number of hydrogen-bond donors (Lipinski definition) is 2. The van der Waals surface area contributed by atoms with Crippen LogP contribution in [-0.2, 0) is 4.79 Å². The molecule has 2 aromatic rings. The second-order valence-electron chi connectivity index (χ2n) is 8.17. The minimum absolute atomic E-state index is 0.174. The first-order chi connectivity index (χ1) is 13.7. The zero-order valence-corrected chi connectivity index (χ0v) is 16.9. The molecular formula is C24H26O5. The Kier molecular flexibility index (Phi) is 5.97. The number of rotatable bonds is 6. The van der Waals surface area contributed by atoms with Gasteiger partial charge in [-0.05, 0) is 65.3 Å². The second-order valence-corrected chi connectivity index (χ2v) is 8.17.